The van der Waals surface area contributed by atoms with Gasteiger partial charge in [0.2, 0.25) is 6.43 Å². The lowest BCUT2D eigenvalue weighted by Gasteiger charge is -2.06. The summed E-state index contributed by atoms with van der Waals surface area (Å²) in [7, 11) is 0. The van der Waals surface area contributed by atoms with E-state index in [-0.39, 0.29) is 12.1 Å². The van der Waals surface area contributed by atoms with Crippen LogP contribution in [0.5, 0.6) is 0 Å². The maximum absolute atomic E-state index is 11.2. The third-order valence-electron chi connectivity index (χ3n) is 3.07. The predicted molar refractivity (Wildman–Crippen MR) is 112 cm³/mol. The summed E-state index contributed by atoms with van der Waals surface area (Å²) in [6, 6.07) is 3.21. The minimum absolute atomic E-state index is 0.0660. The second-order valence-electron chi connectivity index (χ2n) is 5.28. The van der Waals surface area contributed by atoms with Crippen molar-refractivity contribution in [1.29, 1.82) is 5.41 Å². The first-order valence-electron chi connectivity index (χ1n) is 8.80. The summed E-state index contributed by atoms with van der Waals surface area (Å²) in [5.74, 6) is 0. The van der Waals surface area contributed by atoms with Crippen LogP contribution in [-0.2, 0) is 6.42 Å². The van der Waals surface area contributed by atoms with E-state index in [1.807, 2.05) is 13.8 Å². The number of nitrogens with one attached hydrogen (secondary N) is 1. The number of halogens is 2. The van der Waals surface area contributed by atoms with Gasteiger partial charge in [-0.05, 0) is 31.6 Å². The zero-order valence-corrected chi connectivity index (χ0v) is 17.7. The van der Waals surface area contributed by atoms with E-state index in [9.17, 15) is 18.9 Å². The summed E-state index contributed by atoms with van der Waals surface area (Å²) in [4.78, 5) is 10.2. The van der Waals surface area contributed by atoms with Gasteiger partial charge in [0.25, 0.3) is 5.69 Å². The van der Waals surface area contributed by atoms with Crippen LogP contribution in [0.1, 0.15) is 70.1 Å². The molecular weight excluding hydrogens is 358 g/mol. The Balaban J connectivity index is -0.000000371. The molecule has 0 aliphatic rings. The van der Waals surface area contributed by atoms with Crippen molar-refractivity contribution < 1.29 is 13.7 Å². The lowest BCUT2D eigenvalue weighted by atomic mass is 9.99. The number of nitro groups is 1. The molecule has 0 saturated heterocycles. The largest absolute Gasteiger partial charge is 0.308 e. The number of hydrogen-bond donors (Lipinski definition) is 2. The molecule has 0 fully saturated rings. The van der Waals surface area contributed by atoms with E-state index in [4.69, 9.17) is 5.41 Å². The summed E-state index contributed by atoms with van der Waals surface area (Å²) >= 11 is 3.53. The first kappa shape index (κ1) is 29.3. The van der Waals surface area contributed by atoms with Crippen molar-refractivity contribution in [2.75, 3.05) is 6.26 Å². The predicted octanol–water partition coefficient (Wildman–Crippen LogP) is 6.87. The molecule has 0 aromatic heterocycles. The number of hydrogen-bond acceptors (Lipinski definition) is 4. The molecule has 1 aromatic carbocycles. The minimum Gasteiger partial charge on any atom is -0.308 e. The highest BCUT2D eigenvalue weighted by atomic mass is 32.1. The van der Waals surface area contributed by atoms with E-state index < -0.39 is 11.3 Å². The topological polar surface area (TPSA) is 67.0 Å². The Bertz CT molecular complexity index is 499. The van der Waals surface area contributed by atoms with Crippen LogP contribution in [-0.4, -0.2) is 23.8 Å². The first-order chi connectivity index (χ1) is 12.3. The van der Waals surface area contributed by atoms with Gasteiger partial charge in [0.15, 0.2) is 0 Å². The van der Waals surface area contributed by atoms with Gasteiger partial charge in [0.05, 0.1) is 4.92 Å². The molecule has 0 spiro atoms. The summed E-state index contributed by atoms with van der Waals surface area (Å²) in [5, 5.41) is 17.8. The minimum atomic E-state index is -2.10. The lowest BCUT2D eigenvalue weighted by molar-refractivity contribution is -0.385. The van der Waals surface area contributed by atoms with E-state index in [2.05, 4.69) is 26.5 Å². The number of benzene rings is 1. The Morgan fingerprint density at radius 1 is 1.23 bits per heavy atom. The zero-order chi connectivity index (χ0) is 21.1. The first-order valence-corrected chi connectivity index (χ1v) is 9.70. The van der Waals surface area contributed by atoms with Crippen LogP contribution < -0.4 is 0 Å². The summed E-state index contributed by atoms with van der Waals surface area (Å²) in [6.45, 7) is 9.80. The molecule has 0 heterocycles. The van der Waals surface area contributed by atoms with Crippen LogP contribution in [0.4, 0.5) is 14.5 Å². The van der Waals surface area contributed by atoms with Crippen molar-refractivity contribution in [3.63, 3.8) is 0 Å². The Kier molecular flexibility index (Phi) is 22.3. The Morgan fingerprint density at radius 3 is 2.00 bits per heavy atom. The Hall–Kier alpha value is -1.50. The van der Waals surface area contributed by atoms with Crippen LogP contribution >= 0.6 is 12.6 Å². The number of unbranched alkanes of at least 4 members (excludes halogenated alkanes) is 1. The molecular formula is C19H34F2N2O2S. The SMILES string of the molecule is CCC.CCCCC(F)F.CCc1ccc([N+](=O)[O-])c(C)c1C=N.CS. The van der Waals surface area contributed by atoms with Crippen LogP contribution in [0.25, 0.3) is 0 Å². The molecule has 1 aromatic rings. The molecule has 1 rings (SSSR count). The molecule has 0 atom stereocenters. The van der Waals surface area contributed by atoms with Crippen LogP contribution in [0.15, 0.2) is 12.1 Å². The smallest absolute Gasteiger partial charge is 0.272 e. The number of aryl methyl sites for hydroxylation is 1. The van der Waals surface area contributed by atoms with E-state index in [0.717, 1.165) is 18.4 Å². The maximum atomic E-state index is 11.2. The molecule has 0 amide bonds. The number of nitro benzene ring substituents is 1. The van der Waals surface area contributed by atoms with Crippen molar-refractivity contribution >= 4 is 24.5 Å². The fourth-order valence-corrected chi connectivity index (χ4v) is 1.84. The van der Waals surface area contributed by atoms with Crippen molar-refractivity contribution in [2.45, 2.75) is 73.1 Å². The molecule has 0 aliphatic carbocycles. The number of thiol groups is 1. The van der Waals surface area contributed by atoms with E-state index in [1.54, 1.807) is 19.2 Å². The summed E-state index contributed by atoms with van der Waals surface area (Å²) in [6.07, 6.45) is 4.39. The number of alkyl halides is 2. The molecule has 26 heavy (non-hydrogen) atoms. The average molecular weight is 393 g/mol. The third-order valence-corrected chi connectivity index (χ3v) is 3.07. The molecule has 152 valence electrons. The van der Waals surface area contributed by atoms with Gasteiger partial charge in [-0.2, -0.15) is 12.6 Å². The van der Waals surface area contributed by atoms with Crippen LogP contribution in [0.2, 0.25) is 0 Å². The van der Waals surface area contributed by atoms with Crippen molar-refractivity contribution in [2.24, 2.45) is 0 Å². The molecule has 7 heteroatoms. The van der Waals surface area contributed by atoms with Crippen LogP contribution in [0, 0.1) is 22.4 Å². The van der Waals surface area contributed by atoms with E-state index >= 15 is 0 Å². The second kappa shape index (κ2) is 19.8. The second-order valence-corrected chi connectivity index (χ2v) is 5.28. The van der Waals surface area contributed by atoms with Gasteiger partial charge in [-0.15, -0.1) is 0 Å². The van der Waals surface area contributed by atoms with Gasteiger partial charge in [0, 0.05) is 29.8 Å². The van der Waals surface area contributed by atoms with Crippen molar-refractivity contribution in [1.82, 2.24) is 0 Å². The number of rotatable bonds is 6. The normalized spacial score (nSPS) is 9.00. The highest BCUT2D eigenvalue weighted by molar-refractivity contribution is 7.79. The molecule has 1 N–H and O–H groups in total. The fraction of sp³-hybridized carbons (Fsp3) is 0.632. The van der Waals surface area contributed by atoms with Gasteiger partial charge in [-0.3, -0.25) is 10.1 Å². The van der Waals surface area contributed by atoms with Gasteiger partial charge < -0.3 is 5.41 Å². The zero-order valence-electron chi connectivity index (χ0n) is 16.8. The quantitative estimate of drug-likeness (QED) is 0.240. The fourth-order valence-electron chi connectivity index (χ4n) is 1.84. The van der Waals surface area contributed by atoms with E-state index in [0.29, 0.717) is 17.5 Å². The Labute approximate surface area is 162 Å². The van der Waals surface area contributed by atoms with Gasteiger partial charge in [-0.1, -0.05) is 46.6 Å². The van der Waals surface area contributed by atoms with Gasteiger partial charge in [-0.25, -0.2) is 8.78 Å². The standard InChI is InChI=1S/C10H12N2O2.C5H10F2.C3H8.CH4S/c1-3-8-4-5-10(12(13)14)7(2)9(8)6-11;1-2-3-4-5(6)7;1-3-2;1-2/h4-6,11H,3H2,1-2H3;5H,2-4H2,1H3;3H2,1-2H3;2H,1H3. The van der Waals surface area contributed by atoms with Crippen molar-refractivity contribution in [3.05, 3.63) is 38.9 Å². The molecule has 0 unspecified atom stereocenters. The molecule has 0 saturated carbocycles. The molecule has 0 aliphatic heterocycles. The monoisotopic (exact) mass is 392 g/mol. The third kappa shape index (κ3) is 13.8. The maximum Gasteiger partial charge on any atom is 0.272 e. The molecule has 0 bridgehead atoms. The average Bonchev–Trinajstić information content (AvgIpc) is 2.62. The highest BCUT2D eigenvalue weighted by Crippen LogP contribution is 2.23. The molecule has 4 nitrogen and oxygen atoms in total. The van der Waals surface area contributed by atoms with Gasteiger partial charge in [0.1, 0.15) is 0 Å². The summed E-state index contributed by atoms with van der Waals surface area (Å²) < 4.78 is 22.4. The van der Waals surface area contributed by atoms with Crippen LogP contribution in [0.3, 0.4) is 0 Å². The lowest BCUT2D eigenvalue weighted by Crippen LogP contribution is -1.99. The highest BCUT2D eigenvalue weighted by Gasteiger charge is 2.14. The van der Waals surface area contributed by atoms with Gasteiger partial charge >= 0.3 is 0 Å². The van der Waals surface area contributed by atoms with E-state index in [1.165, 1.54) is 18.7 Å². The number of nitrogens with zero attached hydrogens (tertiary/aromatic N) is 1. The Morgan fingerprint density at radius 2 is 1.73 bits per heavy atom. The molecule has 0 radical (unpaired) electrons. The summed E-state index contributed by atoms with van der Waals surface area (Å²) in [5.41, 5.74) is 2.30. The van der Waals surface area contributed by atoms with Crippen molar-refractivity contribution in [3.8, 4) is 0 Å².